The van der Waals surface area contributed by atoms with Gasteiger partial charge in [-0.25, -0.2) is 9.97 Å². The number of hydrogen-bond acceptors (Lipinski definition) is 6. The van der Waals surface area contributed by atoms with Gasteiger partial charge < -0.3 is 19.3 Å². The predicted octanol–water partition coefficient (Wildman–Crippen LogP) is 6.54. The summed E-state index contributed by atoms with van der Waals surface area (Å²) in [7, 11) is 3.60. The van der Waals surface area contributed by atoms with Gasteiger partial charge in [-0.05, 0) is 74.3 Å². The largest absolute Gasteiger partial charge is 0.496 e. The molecule has 1 aromatic heterocycles. The summed E-state index contributed by atoms with van der Waals surface area (Å²) in [4.78, 5) is 15.2. The lowest BCUT2D eigenvalue weighted by atomic mass is 9.88. The molecule has 1 aliphatic carbocycles. The first-order valence-electron chi connectivity index (χ1n) is 14.2. The first-order chi connectivity index (χ1) is 18.2. The number of benzene rings is 2. The third kappa shape index (κ3) is 5.54. The summed E-state index contributed by atoms with van der Waals surface area (Å²) in [5, 5.41) is 1.19. The van der Waals surface area contributed by atoms with Gasteiger partial charge >= 0.3 is 0 Å². The monoisotopic (exact) mass is 502 g/mol. The van der Waals surface area contributed by atoms with Crippen molar-refractivity contribution in [3.63, 3.8) is 0 Å². The summed E-state index contributed by atoms with van der Waals surface area (Å²) in [5.41, 5.74) is 3.70. The predicted molar refractivity (Wildman–Crippen MR) is 152 cm³/mol. The second-order valence-corrected chi connectivity index (χ2v) is 10.3. The number of ether oxygens (including phenoxy) is 2. The van der Waals surface area contributed by atoms with Crippen molar-refractivity contribution in [1.29, 1.82) is 0 Å². The van der Waals surface area contributed by atoms with Gasteiger partial charge in [-0.3, -0.25) is 0 Å². The molecule has 0 radical (unpaired) electrons. The van der Waals surface area contributed by atoms with Gasteiger partial charge in [0.05, 0.1) is 18.7 Å². The number of piperidine rings is 2. The van der Waals surface area contributed by atoms with Gasteiger partial charge in [0.25, 0.3) is 0 Å². The van der Waals surface area contributed by atoms with Crippen molar-refractivity contribution in [3.05, 3.63) is 53.9 Å². The zero-order valence-electron chi connectivity index (χ0n) is 22.9. The molecule has 3 fully saturated rings. The molecule has 6 rings (SSSR count). The van der Waals surface area contributed by atoms with Crippen LogP contribution in [0.15, 0.2) is 42.5 Å². The SMILES string of the molecule is CC.COc1ccccc1C1CCN(c2nc(C3CC3)nc3ccc(N4CCC(OC)CC4)cc23)CC1. The Morgan fingerprint density at radius 1 is 0.757 bits per heavy atom. The Morgan fingerprint density at radius 2 is 1.46 bits per heavy atom. The van der Waals surface area contributed by atoms with Crippen molar-refractivity contribution in [1.82, 2.24) is 9.97 Å². The summed E-state index contributed by atoms with van der Waals surface area (Å²) in [5.74, 6) is 4.24. The third-order valence-electron chi connectivity index (χ3n) is 8.13. The number of anilines is 2. The van der Waals surface area contributed by atoms with E-state index in [-0.39, 0.29) is 0 Å². The molecular weight excluding hydrogens is 460 g/mol. The van der Waals surface area contributed by atoms with Crippen LogP contribution in [0.3, 0.4) is 0 Å². The van der Waals surface area contributed by atoms with E-state index < -0.39 is 0 Å². The van der Waals surface area contributed by atoms with Gasteiger partial charge in [-0.2, -0.15) is 0 Å². The number of aromatic nitrogens is 2. The van der Waals surface area contributed by atoms with Crippen LogP contribution >= 0.6 is 0 Å². The second kappa shape index (κ2) is 11.7. The summed E-state index contributed by atoms with van der Waals surface area (Å²) < 4.78 is 11.2. The Balaban J connectivity index is 0.00000137. The fraction of sp³-hybridized carbons (Fsp3) is 0.548. The van der Waals surface area contributed by atoms with E-state index in [1.54, 1.807) is 7.11 Å². The van der Waals surface area contributed by atoms with E-state index in [0.717, 1.165) is 74.8 Å². The lowest BCUT2D eigenvalue weighted by Gasteiger charge is -2.35. The molecule has 198 valence electrons. The highest BCUT2D eigenvalue weighted by atomic mass is 16.5. The lowest BCUT2D eigenvalue weighted by Crippen LogP contribution is -2.36. The number of methoxy groups -OCH3 is 2. The van der Waals surface area contributed by atoms with Crippen LogP contribution in [0.5, 0.6) is 5.75 Å². The zero-order chi connectivity index (χ0) is 25.8. The van der Waals surface area contributed by atoms with Crippen molar-refractivity contribution in [2.45, 2.75) is 70.3 Å². The topological polar surface area (TPSA) is 50.7 Å². The summed E-state index contributed by atoms with van der Waals surface area (Å²) in [6.45, 7) is 8.07. The Bertz CT molecular complexity index is 1180. The van der Waals surface area contributed by atoms with Crippen LogP contribution in [0.4, 0.5) is 11.5 Å². The van der Waals surface area contributed by atoms with Crippen molar-refractivity contribution in [2.75, 3.05) is 50.2 Å². The maximum Gasteiger partial charge on any atom is 0.140 e. The van der Waals surface area contributed by atoms with Crippen molar-refractivity contribution < 1.29 is 9.47 Å². The zero-order valence-corrected chi connectivity index (χ0v) is 22.9. The maximum absolute atomic E-state index is 5.65. The molecule has 37 heavy (non-hydrogen) atoms. The minimum absolute atomic E-state index is 0.385. The molecule has 0 atom stereocenters. The van der Waals surface area contributed by atoms with Gasteiger partial charge in [-0.15, -0.1) is 0 Å². The van der Waals surface area contributed by atoms with Crippen molar-refractivity contribution in [3.8, 4) is 5.75 Å². The molecular formula is C31H42N4O2. The third-order valence-corrected chi connectivity index (χ3v) is 8.13. The van der Waals surface area contributed by atoms with E-state index in [1.165, 1.54) is 29.5 Å². The fourth-order valence-electron chi connectivity index (χ4n) is 5.84. The molecule has 3 aromatic rings. The molecule has 6 nitrogen and oxygen atoms in total. The average molecular weight is 503 g/mol. The molecule has 2 saturated heterocycles. The van der Waals surface area contributed by atoms with E-state index in [2.05, 4.69) is 52.3 Å². The quantitative estimate of drug-likeness (QED) is 0.381. The first-order valence-corrected chi connectivity index (χ1v) is 14.2. The highest BCUT2D eigenvalue weighted by molar-refractivity contribution is 5.92. The number of nitrogens with zero attached hydrogens (tertiary/aromatic N) is 4. The summed E-state index contributed by atoms with van der Waals surface area (Å²) in [6, 6.07) is 15.3. The van der Waals surface area contributed by atoms with Crippen LogP contribution in [0.2, 0.25) is 0 Å². The van der Waals surface area contributed by atoms with Crippen molar-refractivity contribution >= 4 is 22.4 Å². The Hall–Kier alpha value is -2.86. The Morgan fingerprint density at radius 3 is 2.14 bits per heavy atom. The highest BCUT2D eigenvalue weighted by Gasteiger charge is 2.30. The Kier molecular flexibility index (Phi) is 8.14. The molecule has 2 aromatic carbocycles. The maximum atomic E-state index is 5.65. The minimum Gasteiger partial charge on any atom is -0.496 e. The molecule has 1 saturated carbocycles. The van der Waals surface area contributed by atoms with E-state index in [0.29, 0.717) is 17.9 Å². The van der Waals surface area contributed by atoms with E-state index in [4.69, 9.17) is 19.4 Å². The van der Waals surface area contributed by atoms with Gasteiger partial charge in [0.2, 0.25) is 0 Å². The molecule has 3 heterocycles. The van der Waals surface area contributed by atoms with Gasteiger partial charge in [0.15, 0.2) is 0 Å². The average Bonchev–Trinajstić information content (AvgIpc) is 3.83. The van der Waals surface area contributed by atoms with E-state index >= 15 is 0 Å². The van der Waals surface area contributed by atoms with Crippen LogP contribution < -0.4 is 14.5 Å². The van der Waals surface area contributed by atoms with Crippen LogP contribution in [-0.4, -0.2) is 56.5 Å². The molecule has 0 bridgehead atoms. The fourth-order valence-corrected chi connectivity index (χ4v) is 5.84. The van der Waals surface area contributed by atoms with Crippen LogP contribution in [0.1, 0.15) is 75.6 Å². The molecule has 0 amide bonds. The van der Waals surface area contributed by atoms with Crippen molar-refractivity contribution in [2.24, 2.45) is 0 Å². The number of hydrogen-bond donors (Lipinski definition) is 0. The molecule has 0 spiro atoms. The standard InChI is InChI=1S/C29H36N4O2.C2H6/c1-34-23-13-17-32(18-14-23)22-9-10-26-25(19-22)29(31-28(30-26)21-7-8-21)33-15-11-20(12-16-33)24-5-3-4-6-27(24)35-2;1-2/h3-6,9-10,19-21,23H,7-8,11-18H2,1-2H3;1-2H3. The number of fused-ring (bicyclic) bond motifs is 1. The summed E-state index contributed by atoms with van der Waals surface area (Å²) in [6.07, 6.45) is 7.19. The minimum atomic E-state index is 0.385. The molecule has 0 unspecified atom stereocenters. The number of rotatable bonds is 6. The normalized spacial score (nSPS) is 19.0. The van der Waals surface area contributed by atoms with Gasteiger partial charge in [-0.1, -0.05) is 32.0 Å². The van der Waals surface area contributed by atoms with Crippen LogP contribution in [0, 0.1) is 0 Å². The molecule has 6 heteroatoms. The molecule has 2 aliphatic heterocycles. The molecule has 3 aliphatic rings. The van der Waals surface area contributed by atoms with Gasteiger partial charge in [0.1, 0.15) is 17.4 Å². The number of para-hydroxylation sites is 1. The van der Waals surface area contributed by atoms with Crippen LogP contribution in [0.25, 0.3) is 10.9 Å². The first kappa shape index (κ1) is 25.8. The second-order valence-electron chi connectivity index (χ2n) is 10.3. The summed E-state index contributed by atoms with van der Waals surface area (Å²) >= 11 is 0. The molecule has 0 N–H and O–H groups in total. The Labute approximate surface area is 222 Å². The van der Waals surface area contributed by atoms with Crippen LogP contribution in [-0.2, 0) is 4.74 Å². The van der Waals surface area contributed by atoms with E-state index in [9.17, 15) is 0 Å². The smallest absolute Gasteiger partial charge is 0.140 e. The van der Waals surface area contributed by atoms with E-state index in [1.807, 2.05) is 21.0 Å². The highest BCUT2D eigenvalue weighted by Crippen LogP contribution is 2.42. The van der Waals surface area contributed by atoms with Gasteiger partial charge in [0, 0.05) is 50.3 Å². The lowest BCUT2D eigenvalue weighted by molar-refractivity contribution is 0.0819.